The lowest BCUT2D eigenvalue weighted by atomic mass is 10.0. The molecule has 1 N–H and O–H groups in total. The third kappa shape index (κ3) is 2.60. The summed E-state index contributed by atoms with van der Waals surface area (Å²) >= 11 is 0. The number of likely N-dealkylation sites (N-methyl/N-ethyl adjacent to an activating group) is 1. The maximum atomic E-state index is 4.43. The smallest absolute Gasteiger partial charge is 0.0572 e. The van der Waals surface area contributed by atoms with Crippen LogP contribution in [0.4, 0.5) is 0 Å². The molecule has 2 atom stereocenters. The van der Waals surface area contributed by atoms with E-state index in [2.05, 4.69) is 41.3 Å². The Balaban J connectivity index is 2.00. The zero-order valence-corrected chi connectivity index (χ0v) is 10.2. The van der Waals surface area contributed by atoms with E-state index in [4.69, 9.17) is 0 Å². The van der Waals surface area contributed by atoms with E-state index in [1.807, 2.05) is 12.3 Å². The average Bonchev–Trinajstić information content (AvgIpc) is 2.39. The molecule has 2 heterocycles. The molecule has 0 amide bonds. The van der Waals surface area contributed by atoms with Crippen LogP contribution in [0.25, 0.3) is 0 Å². The Kier molecular flexibility index (Phi) is 3.91. The molecule has 2 rings (SSSR count). The van der Waals surface area contributed by atoms with Gasteiger partial charge in [-0.15, -0.1) is 0 Å². The molecule has 16 heavy (non-hydrogen) atoms. The Labute approximate surface area is 97.9 Å². The van der Waals surface area contributed by atoms with E-state index in [1.54, 1.807) is 0 Å². The SMILES string of the molecule is C[C@@H](c1ccccn1)N(C)[C@@H]1CCCNC1. The first-order chi connectivity index (χ1) is 7.79. The van der Waals surface area contributed by atoms with Crippen molar-refractivity contribution in [1.82, 2.24) is 15.2 Å². The van der Waals surface area contributed by atoms with Gasteiger partial charge < -0.3 is 5.32 Å². The highest BCUT2D eigenvalue weighted by Crippen LogP contribution is 2.21. The highest BCUT2D eigenvalue weighted by atomic mass is 15.2. The van der Waals surface area contributed by atoms with Crippen molar-refractivity contribution >= 4 is 0 Å². The molecule has 0 aromatic carbocycles. The van der Waals surface area contributed by atoms with Gasteiger partial charge in [0.05, 0.1) is 5.69 Å². The van der Waals surface area contributed by atoms with Gasteiger partial charge in [-0.25, -0.2) is 0 Å². The molecule has 1 aliphatic heterocycles. The number of hydrogen-bond acceptors (Lipinski definition) is 3. The summed E-state index contributed by atoms with van der Waals surface area (Å²) in [5.41, 5.74) is 1.16. The maximum absolute atomic E-state index is 4.43. The minimum absolute atomic E-state index is 0.395. The van der Waals surface area contributed by atoms with E-state index in [0.29, 0.717) is 12.1 Å². The molecule has 1 aliphatic rings. The third-order valence-corrected chi connectivity index (χ3v) is 3.57. The van der Waals surface area contributed by atoms with Crippen LogP contribution in [0, 0.1) is 0 Å². The van der Waals surface area contributed by atoms with Gasteiger partial charge in [0, 0.05) is 24.8 Å². The van der Waals surface area contributed by atoms with Crippen molar-refractivity contribution < 1.29 is 0 Å². The largest absolute Gasteiger partial charge is 0.315 e. The van der Waals surface area contributed by atoms with Crippen LogP contribution in [0.15, 0.2) is 24.4 Å². The molecular weight excluding hydrogens is 198 g/mol. The molecule has 0 bridgehead atoms. The Hall–Kier alpha value is -0.930. The van der Waals surface area contributed by atoms with Crippen molar-refractivity contribution in [2.75, 3.05) is 20.1 Å². The normalized spacial score (nSPS) is 23.3. The molecule has 0 spiro atoms. The molecule has 1 fully saturated rings. The molecule has 88 valence electrons. The van der Waals surface area contributed by atoms with Crippen molar-refractivity contribution in [3.63, 3.8) is 0 Å². The van der Waals surface area contributed by atoms with Crippen LogP contribution in [-0.4, -0.2) is 36.1 Å². The summed E-state index contributed by atoms with van der Waals surface area (Å²) in [6.45, 7) is 4.51. The fraction of sp³-hybridized carbons (Fsp3) is 0.615. The van der Waals surface area contributed by atoms with Crippen LogP contribution < -0.4 is 5.32 Å². The molecule has 1 saturated heterocycles. The van der Waals surface area contributed by atoms with Gasteiger partial charge in [-0.3, -0.25) is 9.88 Å². The summed E-state index contributed by atoms with van der Waals surface area (Å²) in [4.78, 5) is 6.87. The molecule has 1 aromatic rings. The number of nitrogens with zero attached hydrogens (tertiary/aromatic N) is 2. The predicted molar refractivity (Wildman–Crippen MR) is 66.3 cm³/mol. The molecule has 0 unspecified atom stereocenters. The second kappa shape index (κ2) is 5.41. The molecule has 3 heteroatoms. The van der Waals surface area contributed by atoms with Crippen molar-refractivity contribution in [2.45, 2.75) is 31.8 Å². The van der Waals surface area contributed by atoms with E-state index in [0.717, 1.165) is 12.2 Å². The number of piperidine rings is 1. The van der Waals surface area contributed by atoms with E-state index in [-0.39, 0.29) is 0 Å². The van der Waals surface area contributed by atoms with Crippen LogP contribution in [0.3, 0.4) is 0 Å². The molecule has 0 aliphatic carbocycles. The van der Waals surface area contributed by atoms with Crippen molar-refractivity contribution in [3.05, 3.63) is 30.1 Å². The Bertz CT molecular complexity index is 306. The molecular formula is C13H21N3. The number of rotatable bonds is 3. The summed E-state index contributed by atoms with van der Waals surface area (Å²) in [5.74, 6) is 0. The summed E-state index contributed by atoms with van der Waals surface area (Å²) < 4.78 is 0. The minimum atomic E-state index is 0.395. The lowest BCUT2D eigenvalue weighted by Crippen LogP contribution is -2.45. The molecule has 1 aromatic heterocycles. The average molecular weight is 219 g/mol. The highest BCUT2D eigenvalue weighted by molar-refractivity contribution is 5.08. The first-order valence-electron chi connectivity index (χ1n) is 6.12. The zero-order chi connectivity index (χ0) is 11.4. The summed E-state index contributed by atoms with van der Waals surface area (Å²) in [6, 6.07) is 7.18. The van der Waals surface area contributed by atoms with Gasteiger partial charge in [0.15, 0.2) is 0 Å². The first kappa shape index (κ1) is 11.6. The fourth-order valence-corrected chi connectivity index (χ4v) is 2.33. The number of aromatic nitrogens is 1. The van der Waals surface area contributed by atoms with Gasteiger partial charge >= 0.3 is 0 Å². The van der Waals surface area contributed by atoms with Gasteiger partial charge in [-0.2, -0.15) is 0 Å². The van der Waals surface area contributed by atoms with Crippen molar-refractivity contribution in [1.29, 1.82) is 0 Å². The number of hydrogen-bond donors (Lipinski definition) is 1. The third-order valence-electron chi connectivity index (χ3n) is 3.57. The van der Waals surface area contributed by atoms with Crippen LogP contribution in [0.2, 0.25) is 0 Å². The van der Waals surface area contributed by atoms with Crippen LogP contribution >= 0.6 is 0 Å². The number of nitrogens with one attached hydrogen (secondary N) is 1. The van der Waals surface area contributed by atoms with Gasteiger partial charge in [-0.05, 0) is 45.5 Å². The lowest BCUT2D eigenvalue weighted by Gasteiger charge is -2.35. The van der Waals surface area contributed by atoms with Crippen LogP contribution in [-0.2, 0) is 0 Å². The molecule has 0 saturated carbocycles. The van der Waals surface area contributed by atoms with E-state index < -0.39 is 0 Å². The quantitative estimate of drug-likeness (QED) is 0.840. The van der Waals surface area contributed by atoms with E-state index in [9.17, 15) is 0 Å². The number of pyridine rings is 1. The lowest BCUT2D eigenvalue weighted by molar-refractivity contribution is 0.154. The minimum Gasteiger partial charge on any atom is -0.315 e. The van der Waals surface area contributed by atoms with Gasteiger partial charge in [-0.1, -0.05) is 6.07 Å². The molecule has 3 nitrogen and oxygen atoms in total. The summed E-state index contributed by atoms with van der Waals surface area (Å²) in [7, 11) is 2.21. The van der Waals surface area contributed by atoms with Gasteiger partial charge in [0.1, 0.15) is 0 Å². The van der Waals surface area contributed by atoms with E-state index >= 15 is 0 Å². The zero-order valence-electron chi connectivity index (χ0n) is 10.2. The second-order valence-electron chi connectivity index (χ2n) is 4.60. The Morgan fingerprint density at radius 3 is 3.00 bits per heavy atom. The topological polar surface area (TPSA) is 28.2 Å². The van der Waals surface area contributed by atoms with Crippen LogP contribution in [0.1, 0.15) is 31.5 Å². The maximum Gasteiger partial charge on any atom is 0.0572 e. The van der Waals surface area contributed by atoms with Crippen molar-refractivity contribution in [3.8, 4) is 0 Å². The predicted octanol–water partition coefficient (Wildman–Crippen LogP) is 1.83. The Morgan fingerprint density at radius 1 is 1.50 bits per heavy atom. The summed E-state index contributed by atoms with van der Waals surface area (Å²) in [5, 5.41) is 3.46. The standard InChI is InChI=1S/C13H21N3/c1-11(13-7-3-4-9-15-13)16(2)12-6-5-8-14-10-12/h3-4,7,9,11-12,14H,5-6,8,10H2,1-2H3/t11-,12+/m0/s1. The monoisotopic (exact) mass is 219 g/mol. The van der Waals surface area contributed by atoms with Gasteiger partial charge in [0.25, 0.3) is 0 Å². The molecule has 0 radical (unpaired) electrons. The van der Waals surface area contributed by atoms with Crippen LogP contribution in [0.5, 0.6) is 0 Å². The summed E-state index contributed by atoms with van der Waals surface area (Å²) in [6.07, 6.45) is 4.45. The Morgan fingerprint density at radius 2 is 2.38 bits per heavy atom. The highest BCUT2D eigenvalue weighted by Gasteiger charge is 2.22. The van der Waals surface area contributed by atoms with E-state index in [1.165, 1.54) is 19.4 Å². The first-order valence-corrected chi connectivity index (χ1v) is 6.12. The fourth-order valence-electron chi connectivity index (χ4n) is 2.33. The second-order valence-corrected chi connectivity index (χ2v) is 4.60. The van der Waals surface area contributed by atoms with Gasteiger partial charge in [0.2, 0.25) is 0 Å². The van der Waals surface area contributed by atoms with Crippen molar-refractivity contribution in [2.24, 2.45) is 0 Å².